The highest BCUT2D eigenvalue weighted by Gasteiger charge is 2.19. The van der Waals surface area contributed by atoms with Crippen molar-refractivity contribution < 1.29 is 14.6 Å². The number of nitrogens with one attached hydrogen (secondary N) is 1. The van der Waals surface area contributed by atoms with Gasteiger partial charge in [0.15, 0.2) is 0 Å². The van der Waals surface area contributed by atoms with Crippen LogP contribution in [0.25, 0.3) is 0 Å². The average molecular weight is 266 g/mol. The number of aromatic carboxylic acids is 1. The molecule has 2 N–H and O–H groups in total. The maximum atomic E-state index is 11.1. The Bertz CT molecular complexity index is 444. The Morgan fingerprint density at radius 1 is 1.47 bits per heavy atom. The van der Waals surface area contributed by atoms with Crippen LogP contribution < -0.4 is 5.32 Å². The number of methoxy groups -OCH3 is 1. The van der Waals surface area contributed by atoms with E-state index in [1.165, 1.54) is 0 Å². The van der Waals surface area contributed by atoms with Crippen LogP contribution in [-0.2, 0) is 11.2 Å². The highest BCUT2D eigenvalue weighted by molar-refractivity contribution is 5.88. The molecule has 19 heavy (non-hydrogen) atoms. The van der Waals surface area contributed by atoms with Crippen molar-refractivity contribution in [1.29, 1.82) is 0 Å². The SMILES string of the molecule is CCCc1cc(C(=O)O)cc(NC(C)(C)COC)n1. The van der Waals surface area contributed by atoms with Crippen LogP contribution in [0.5, 0.6) is 0 Å². The van der Waals surface area contributed by atoms with Gasteiger partial charge in [-0.2, -0.15) is 0 Å². The van der Waals surface area contributed by atoms with E-state index in [2.05, 4.69) is 10.3 Å². The first kappa shape index (κ1) is 15.4. The summed E-state index contributed by atoms with van der Waals surface area (Å²) in [5.74, 6) is -0.363. The zero-order valence-electron chi connectivity index (χ0n) is 12.0. The number of hydrogen-bond donors (Lipinski definition) is 2. The lowest BCUT2D eigenvalue weighted by atomic mass is 10.1. The predicted molar refractivity (Wildman–Crippen MR) is 74.8 cm³/mol. The highest BCUT2D eigenvalue weighted by Crippen LogP contribution is 2.17. The van der Waals surface area contributed by atoms with Gasteiger partial charge in [-0.25, -0.2) is 9.78 Å². The van der Waals surface area contributed by atoms with E-state index >= 15 is 0 Å². The molecule has 0 saturated carbocycles. The fourth-order valence-electron chi connectivity index (χ4n) is 1.90. The maximum absolute atomic E-state index is 11.1. The molecule has 0 saturated heterocycles. The summed E-state index contributed by atoms with van der Waals surface area (Å²) in [5.41, 5.74) is 0.745. The van der Waals surface area contributed by atoms with Crippen LogP contribution in [0.3, 0.4) is 0 Å². The Balaban J connectivity index is 3.02. The van der Waals surface area contributed by atoms with Crippen molar-refractivity contribution in [2.45, 2.75) is 39.2 Å². The first-order chi connectivity index (χ1) is 8.88. The van der Waals surface area contributed by atoms with E-state index in [0.29, 0.717) is 12.4 Å². The Labute approximate surface area is 114 Å². The molecule has 5 nitrogen and oxygen atoms in total. The largest absolute Gasteiger partial charge is 0.478 e. The van der Waals surface area contributed by atoms with Crippen LogP contribution >= 0.6 is 0 Å². The lowest BCUT2D eigenvalue weighted by Gasteiger charge is -2.26. The van der Waals surface area contributed by atoms with Crippen molar-refractivity contribution in [1.82, 2.24) is 4.98 Å². The van der Waals surface area contributed by atoms with Crippen molar-refractivity contribution in [2.24, 2.45) is 0 Å². The van der Waals surface area contributed by atoms with Gasteiger partial charge >= 0.3 is 5.97 Å². The van der Waals surface area contributed by atoms with Gasteiger partial charge in [0.25, 0.3) is 0 Å². The lowest BCUT2D eigenvalue weighted by Crippen LogP contribution is -2.36. The third-order valence-electron chi connectivity index (χ3n) is 2.60. The summed E-state index contributed by atoms with van der Waals surface area (Å²) in [6.07, 6.45) is 1.69. The molecule has 0 spiro atoms. The number of anilines is 1. The van der Waals surface area contributed by atoms with Crippen LogP contribution in [0.1, 0.15) is 43.2 Å². The van der Waals surface area contributed by atoms with Gasteiger partial charge in [-0.15, -0.1) is 0 Å². The minimum atomic E-state index is -0.938. The van der Waals surface area contributed by atoms with Gasteiger partial charge < -0.3 is 15.2 Å². The maximum Gasteiger partial charge on any atom is 0.335 e. The van der Waals surface area contributed by atoms with Gasteiger partial charge in [0.1, 0.15) is 5.82 Å². The topological polar surface area (TPSA) is 71.5 Å². The number of pyridine rings is 1. The smallest absolute Gasteiger partial charge is 0.335 e. The van der Waals surface area contributed by atoms with Crippen molar-refractivity contribution in [2.75, 3.05) is 19.0 Å². The molecule has 0 fully saturated rings. The molecule has 0 aliphatic rings. The molecular formula is C14H22N2O3. The van der Waals surface area contributed by atoms with E-state index in [-0.39, 0.29) is 11.1 Å². The molecular weight excluding hydrogens is 244 g/mol. The highest BCUT2D eigenvalue weighted by atomic mass is 16.5. The van der Waals surface area contributed by atoms with Gasteiger partial charge in [0.2, 0.25) is 0 Å². The van der Waals surface area contributed by atoms with E-state index in [0.717, 1.165) is 18.5 Å². The minimum Gasteiger partial charge on any atom is -0.478 e. The van der Waals surface area contributed by atoms with Crippen molar-refractivity contribution in [3.8, 4) is 0 Å². The summed E-state index contributed by atoms with van der Waals surface area (Å²) in [6, 6.07) is 3.18. The number of carbonyl (C=O) groups is 1. The summed E-state index contributed by atoms with van der Waals surface area (Å²) < 4.78 is 5.13. The second-order valence-electron chi connectivity index (χ2n) is 5.23. The number of aromatic nitrogens is 1. The van der Waals surface area contributed by atoms with Gasteiger partial charge in [-0.05, 0) is 32.4 Å². The summed E-state index contributed by atoms with van der Waals surface area (Å²) >= 11 is 0. The number of aryl methyl sites for hydroxylation is 1. The standard InChI is InChI=1S/C14H22N2O3/c1-5-6-11-7-10(13(17)18)8-12(15-11)16-14(2,3)9-19-4/h7-8H,5-6,9H2,1-4H3,(H,15,16)(H,17,18). The van der Waals surface area contributed by atoms with Crippen LogP contribution in [0, 0.1) is 0 Å². The molecule has 0 unspecified atom stereocenters. The third kappa shape index (κ3) is 4.87. The zero-order chi connectivity index (χ0) is 14.5. The van der Waals surface area contributed by atoms with E-state index in [1.807, 2.05) is 20.8 Å². The molecule has 5 heteroatoms. The Hall–Kier alpha value is -1.62. The Kier molecular flexibility index (Phi) is 5.30. The molecule has 1 rings (SSSR count). The predicted octanol–water partition coefficient (Wildman–Crippen LogP) is 2.57. The molecule has 0 atom stereocenters. The molecule has 0 radical (unpaired) electrons. The molecule has 0 bridgehead atoms. The van der Waals surface area contributed by atoms with Crippen LogP contribution in [0.2, 0.25) is 0 Å². The Morgan fingerprint density at radius 3 is 2.68 bits per heavy atom. The zero-order valence-corrected chi connectivity index (χ0v) is 12.0. The monoisotopic (exact) mass is 266 g/mol. The second-order valence-corrected chi connectivity index (χ2v) is 5.23. The molecule has 0 amide bonds. The fraction of sp³-hybridized carbons (Fsp3) is 0.571. The van der Waals surface area contributed by atoms with E-state index in [1.54, 1.807) is 19.2 Å². The second kappa shape index (κ2) is 6.52. The van der Waals surface area contributed by atoms with Crippen LogP contribution in [0.15, 0.2) is 12.1 Å². The number of nitrogens with zero attached hydrogens (tertiary/aromatic N) is 1. The molecule has 1 aromatic rings. The number of carboxylic acids is 1. The summed E-state index contributed by atoms with van der Waals surface area (Å²) in [6.45, 7) is 6.50. The number of rotatable bonds is 7. The molecule has 0 aromatic carbocycles. The Morgan fingerprint density at radius 2 is 2.16 bits per heavy atom. The van der Waals surface area contributed by atoms with Crippen molar-refractivity contribution in [3.63, 3.8) is 0 Å². The first-order valence-electron chi connectivity index (χ1n) is 6.39. The van der Waals surface area contributed by atoms with E-state index < -0.39 is 5.97 Å². The molecule has 0 aliphatic carbocycles. The lowest BCUT2D eigenvalue weighted by molar-refractivity contribution is 0.0696. The quantitative estimate of drug-likeness (QED) is 0.793. The minimum absolute atomic E-state index is 0.258. The number of ether oxygens (including phenoxy) is 1. The number of carboxylic acid groups (broad SMARTS) is 1. The summed E-state index contributed by atoms with van der Waals surface area (Å²) in [5, 5.41) is 12.3. The molecule has 106 valence electrons. The van der Waals surface area contributed by atoms with E-state index in [4.69, 9.17) is 9.84 Å². The molecule has 1 heterocycles. The first-order valence-corrected chi connectivity index (χ1v) is 6.39. The summed E-state index contributed by atoms with van der Waals surface area (Å²) in [4.78, 5) is 15.6. The van der Waals surface area contributed by atoms with Gasteiger partial charge in [-0.3, -0.25) is 0 Å². The van der Waals surface area contributed by atoms with Gasteiger partial charge in [-0.1, -0.05) is 13.3 Å². The van der Waals surface area contributed by atoms with Crippen LogP contribution in [-0.4, -0.2) is 35.3 Å². The molecule has 1 aromatic heterocycles. The van der Waals surface area contributed by atoms with Gasteiger partial charge in [0, 0.05) is 12.8 Å². The molecule has 0 aliphatic heterocycles. The van der Waals surface area contributed by atoms with Gasteiger partial charge in [0.05, 0.1) is 17.7 Å². The van der Waals surface area contributed by atoms with Crippen molar-refractivity contribution >= 4 is 11.8 Å². The van der Waals surface area contributed by atoms with E-state index in [9.17, 15) is 4.79 Å². The van der Waals surface area contributed by atoms with Crippen LogP contribution in [0.4, 0.5) is 5.82 Å². The summed E-state index contributed by atoms with van der Waals surface area (Å²) in [7, 11) is 1.63. The third-order valence-corrected chi connectivity index (χ3v) is 2.60. The van der Waals surface area contributed by atoms with Crippen molar-refractivity contribution in [3.05, 3.63) is 23.4 Å². The number of hydrogen-bond acceptors (Lipinski definition) is 4. The normalized spacial score (nSPS) is 11.4. The average Bonchev–Trinajstić information content (AvgIpc) is 2.27. The fourth-order valence-corrected chi connectivity index (χ4v) is 1.90.